The minimum atomic E-state index is -1.38. The van der Waals surface area contributed by atoms with Crippen LogP contribution in [0.3, 0.4) is 0 Å². The first kappa shape index (κ1) is 37.5. The van der Waals surface area contributed by atoms with E-state index in [1.807, 2.05) is 54.9 Å². The second-order valence-electron chi connectivity index (χ2n) is 14.1. The summed E-state index contributed by atoms with van der Waals surface area (Å²) in [5.74, 6) is -0.724. The number of likely N-dealkylation sites (tertiary alicyclic amines) is 1. The predicted octanol–water partition coefficient (Wildman–Crippen LogP) is 1.81. The third kappa shape index (κ3) is 7.78. The lowest BCUT2D eigenvalue weighted by Gasteiger charge is -2.50. The predicted molar refractivity (Wildman–Crippen MR) is 206 cm³/mol. The lowest BCUT2D eigenvalue weighted by molar-refractivity contribution is -0.121. The van der Waals surface area contributed by atoms with E-state index in [4.69, 9.17) is 32.3 Å². The summed E-state index contributed by atoms with van der Waals surface area (Å²) in [5.41, 5.74) is 18.1. The highest BCUT2D eigenvalue weighted by molar-refractivity contribution is 6.39. The van der Waals surface area contributed by atoms with Gasteiger partial charge >= 0.3 is 0 Å². The van der Waals surface area contributed by atoms with E-state index in [-0.39, 0.29) is 52.7 Å². The summed E-state index contributed by atoms with van der Waals surface area (Å²) < 4.78 is 2.03. The second-order valence-corrected chi connectivity index (χ2v) is 14.1. The third-order valence-electron chi connectivity index (χ3n) is 9.74. The number of fused-ring (bicyclic) bond motifs is 3. The number of anilines is 2. The molecule has 0 spiro atoms. The zero-order chi connectivity index (χ0) is 38.2. The van der Waals surface area contributed by atoms with Crippen LogP contribution in [0.1, 0.15) is 67.4 Å². The SMILES string of the molecule is CC.[B]C([B])(c1cccc(C(=O)N(C)C)n1)N1CC(n2ncc3c2CN(C)c2c(NC(/C=C(\N)NC(=O)C4CC4)=C(/N)C(=O)NC4CC4)cccc2-3)C1. The summed E-state index contributed by atoms with van der Waals surface area (Å²) in [6.45, 7) is 5.62. The highest BCUT2D eigenvalue weighted by atomic mass is 16.2. The van der Waals surface area contributed by atoms with Gasteiger partial charge in [-0.1, -0.05) is 32.0 Å². The Hall–Kier alpha value is -5.24. The van der Waals surface area contributed by atoms with Gasteiger partial charge in [-0.3, -0.25) is 19.1 Å². The summed E-state index contributed by atoms with van der Waals surface area (Å²) in [6.07, 6.45) is 6.85. The van der Waals surface area contributed by atoms with E-state index in [2.05, 4.69) is 25.8 Å². The van der Waals surface area contributed by atoms with Crippen LogP contribution < -0.4 is 32.3 Å². The first-order valence-electron chi connectivity index (χ1n) is 18.1. The van der Waals surface area contributed by atoms with E-state index >= 15 is 0 Å². The number of nitrogens with two attached hydrogens (primary N) is 2. The van der Waals surface area contributed by atoms with Gasteiger partial charge in [0.25, 0.3) is 11.8 Å². The standard InChI is InChI=1S/C35H41B2N11O3.C2H6/c1-45(2)34(51)25-8-5-9-28(43-25)35(36,37)47-16-21(17-47)48-27-18-46(3)31-22(23(27)15-40-48)6-4-7-24(31)42-26(30(39)33(50)41-20-12-13-20)14-29(38)44-32(49)19-10-11-19;1-2/h4-9,14-15,19-21,42H,10-13,16-18,38-39H2,1-3H3,(H,41,50)(H,44,49);1-2H3/b29-14+,30-26+;. The molecule has 7 N–H and O–H groups in total. The Morgan fingerprint density at radius 1 is 1.00 bits per heavy atom. The molecule has 3 aromatic rings. The van der Waals surface area contributed by atoms with Crippen molar-refractivity contribution < 1.29 is 14.4 Å². The molecular weight excluding hydrogens is 668 g/mol. The molecule has 3 fully saturated rings. The maximum absolute atomic E-state index is 13.0. The van der Waals surface area contributed by atoms with Crippen LogP contribution >= 0.6 is 0 Å². The molecule has 0 unspecified atom stereocenters. The van der Waals surface area contributed by atoms with Crippen molar-refractivity contribution in [2.45, 2.75) is 63.5 Å². The minimum absolute atomic E-state index is 0.0151. The van der Waals surface area contributed by atoms with Crippen molar-refractivity contribution in [2.24, 2.45) is 17.4 Å². The Morgan fingerprint density at radius 3 is 2.36 bits per heavy atom. The van der Waals surface area contributed by atoms with Crippen LogP contribution in [0.5, 0.6) is 0 Å². The van der Waals surface area contributed by atoms with Gasteiger partial charge in [0.15, 0.2) is 0 Å². The van der Waals surface area contributed by atoms with Crippen LogP contribution in [0.25, 0.3) is 11.1 Å². The average molecular weight is 715 g/mol. The van der Waals surface area contributed by atoms with Gasteiger partial charge in [-0.25, -0.2) is 4.98 Å². The number of aromatic nitrogens is 3. The molecular formula is C37H47B2N11O3. The number of pyridine rings is 1. The molecule has 1 aromatic carbocycles. The van der Waals surface area contributed by atoms with Crippen molar-refractivity contribution in [3.05, 3.63) is 83.0 Å². The first-order valence-corrected chi connectivity index (χ1v) is 18.1. The summed E-state index contributed by atoms with van der Waals surface area (Å²) in [5, 5.41) is 12.4. The van der Waals surface area contributed by atoms with E-state index in [1.165, 1.54) is 11.0 Å². The van der Waals surface area contributed by atoms with Crippen LogP contribution in [0.15, 0.2) is 65.9 Å². The van der Waals surface area contributed by atoms with Crippen LogP contribution in [0.2, 0.25) is 0 Å². The van der Waals surface area contributed by atoms with E-state index in [1.54, 1.807) is 32.3 Å². The summed E-state index contributed by atoms with van der Waals surface area (Å²) in [6, 6.07) is 11.1. The molecule has 4 aliphatic rings. The number of amides is 3. The van der Waals surface area contributed by atoms with Crippen LogP contribution in [0.4, 0.5) is 11.4 Å². The maximum atomic E-state index is 13.0. The highest BCUT2D eigenvalue weighted by Gasteiger charge is 2.41. The van der Waals surface area contributed by atoms with E-state index in [9.17, 15) is 14.4 Å². The normalized spacial score (nSPS) is 17.6. The molecule has 3 amide bonds. The average Bonchev–Trinajstić information content (AvgIpc) is 4.06. The van der Waals surface area contributed by atoms with Gasteiger partial charge in [-0.05, 0) is 49.2 Å². The Balaban J connectivity index is 0.00000236. The number of carbonyl (C=O) groups excluding carboxylic acids is 3. The zero-order valence-corrected chi connectivity index (χ0v) is 31.0. The number of allylic oxidation sites excluding steroid dienone is 1. The smallest absolute Gasteiger partial charge is 0.271 e. The maximum Gasteiger partial charge on any atom is 0.271 e. The molecule has 274 valence electrons. The van der Waals surface area contributed by atoms with E-state index in [0.29, 0.717) is 31.0 Å². The van der Waals surface area contributed by atoms with Crippen LogP contribution in [-0.4, -0.2) is 98.3 Å². The molecule has 0 bridgehead atoms. The summed E-state index contributed by atoms with van der Waals surface area (Å²) >= 11 is 0. The molecule has 53 heavy (non-hydrogen) atoms. The summed E-state index contributed by atoms with van der Waals surface area (Å²) in [7, 11) is 18.6. The Labute approximate surface area is 313 Å². The highest BCUT2D eigenvalue weighted by Crippen LogP contribution is 2.45. The number of hydrogen-bond acceptors (Lipinski definition) is 10. The van der Waals surface area contributed by atoms with Crippen molar-refractivity contribution >= 4 is 44.8 Å². The largest absolute Gasteiger partial charge is 0.393 e. The molecule has 2 saturated carbocycles. The van der Waals surface area contributed by atoms with Crippen molar-refractivity contribution in [1.29, 1.82) is 0 Å². The molecule has 4 radical (unpaired) electrons. The minimum Gasteiger partial charge on any atom is -0.393 e. The number of para-hydroxylation sites is 1. The number of nitrogens with zero attached hydrogens (tertiary/aromatic N) is 6. The number of carbonyl (C=O) groups is 3. The fraction of sp³-hybridized carbons (Fsp3) is 0.432. The Morgan fingerprint density at radius 2 is 1.70 bits per heavy atom. The van der Waals surface area contributed by atoms with Crippen molar-refractivity contribution in [2.75, 3.05) is 44.4 Å². The number of benzene rings is 1. The van der Waals surface area contributed by atoms with Gasteiger partial charge in [0.1, 0.15) is 17.2 Å². The molecule has 0 atom stereocenters. The molecule has 2 aliphatic heterocycles. The van der Waals surface area contributed by atoms with Crippen molar-refractivity contribution in [1.82, 2.24) is 35.2 Å². The molecule has 14 nitrogen and oxygen atoms in total. The topological polar surface area (TPSA) is 180 Å². The second kappa shape index (κ2) is 15.0. The fourth-order valence-corrected chi connectivity index (χ4v) is 6.46. The number of hydrogen-bond donors (Lipinski definition) is 5. The number of nitrogens with one attached hydrogen (secondary N) is 3. The number of rotatable bonds is 11. The van der Waals surface area contributed by atoms with E-state index in [0.717, 1.165) is 48.2 Å². The molecule has 7 rings (SSSR count). The lowest BCUT2D eigenvalue weighted by Crippen LogP contribution is -2.60. The Kier molecular flexibility index (Phi) is 10.6. The van der Waals surface area contributed by atoms with E-state index < -0.39 is 11.2 Å². The molecule has 16 heteroatoms. The van der Waals surface area contributed by atoms with Gasteiger partial charge in [0.2, 0.25) is 5.91 Å². The quantitative estimate of drug-likeness (QED) is 0.112. The van der Waals surface area contributed by atoms with Crippen molar-refractivity contribution in [3.63, 3.8) is 0 Å². The van der Waals surface area contributed by atoms with Gasteiger partial charge in [-0.2, -0.15) is 5.10 Å². The molecule has 2 aromatic heterocycles. The van der Waals surface area contributed by atoms with Crippen molar-refractivity contribution in [3.8, 4) is 11.1 Å². The van der Waals surface area contributed by atoms with Crippen LogP contribution in [-0.2, 0) is 21.5 Å². The van der Waals surface area contributed by atoms with Gasteiger partial charge < -0.3 is 42.1 Å². The van der Waals surface area contributed by atoms with Crippen LogP contribution in [0, 0.1) is 5.92 Å². The fourth-order valence-electron chi connectivity index (χ4n) is 6.46. The van der Waals surface area contributed by atoms with Gasteiger partial charge in [0, 0.05) is 69.1 Å². The summed E-state index contributed by atoms with van der Waals surface area (Å²) in [4.78, 5) is 47.9. The molecule has 1 saturated heterocycles. The lowest BCUT2D eigenvalue weighted by atomic mass is 9.57. The van der Waals surface area contributed by atoms with Gasteiger partial charge in [-0.15, -0.1) is 0 Å². The zero-order valence-electron chi connectivity index (χ0n) is 31.0. The Bertz CT molecular complexity index is 1960. The third-order valence-corrected chi connectivity index (χ3v) is 9.74. The van der Waals surface area contributed by atoms with Gasteiger partial charge in [0.05, 0.1) is 57.2 Å². The molecule has 2 aliphatic carbocycles. The monoisotopic (exact) mass is 715 g/mol. The molecule has 4 heterocycles. The first-order chi connectivity index (χ1) is 25.3.